The van der Waals surface area contributed by atoms with Crippen molar-refractivity contribution >= 4 is 29.2 Å². The summed E-state index contributed by atoms with van der Waals surface area (Å²) in [7, 11) is 0. The first kappa shape index (κ1) is 17.4. The van der Waals surface area contributed by atoms with E-state index in [-0.39, 0.29) is 11.9 Å². The van der Waals surface area contributed by atoms with E-state index in [0.29, 0.717) is 29.0 Å². The number of benzene rings is 1. The van der Waals surface area contributed by atoms with Crippen LogP contribution in [0.15, 0.2) is 18.2 Å². The lowest BCUT2D eigenvalue weighted by atomic mass is 9.98. The highest BCUT2D eigenvalue weighted by atomic mass is 35.5. The lowest BCUT2D eigenvalue weighted by Gasteiger charge is -2.31. The number of rotatable bonds is 6. The Balaban J connectivity index is 1.77. The first-order chi connectivity index (χ1) is 10.6. The Labute approximate surface area is 141 Å². The predicted octanol–water partition coefficient (Wildman–Crippen LogP) is 3.65. The second-order valence-corrected chi connectivity index (χ2v) is 6.16. The molecule has 1 aliphatic rings. The van der Waals surface area contributed by atoms with Gasteiger partial charge in [-0.05, 0) is 44.5 Å². The van der Waals surface area contributed by atoms with E-state index >= 15 is 0 Å². The van der Waals surface area contributed by atoms with Gasteiger partial charge in [0.2, 0.25) is 0 Å². The van der Waals surface area contributed by atoms with Gasteiger partial charge in [-0.1, -0.05) is 23.2 Å². The van der Waals surface area contributed by atoms with Crippen LogP contribution in [0, 0.1) is 5.92 Å². The van der Waals surface area contributed by atoms with E-state index < -0.39 is 0 Å². The van der Waals surface area contributed by atoms with Crippen molar-refractivity contribution < 1.29 is 14.3 Å². The third-order valence-electron chi connectivity index (χ3n) is 3.68. The van der Waals surface area contributed by atoms with Crippen molar-refractivity contribution in [3.05, 3.63) is 28.2 Å². The van der Waals surface area contributed by atoms with Crippen LogP contribution in [0.25, 0.3) is 0 Å². The van der Waals surface area contributed by atoms with E-state index in [1.54, 1.807) is 18.2 Å². The Kier molecular flexibility index (Phi) is 6.80. The molecule has 1 heterocycles. The van der Waals surface area contributed by atoms with Gasteiger partial charge in [-0.3, -0.25) is 9.69 Å². The zero-order chi connectivity index (χ0) is 15.9. The van der Waals surface area contributed by atoms with E-state index in [2.05, 4.69) is 4.90 Å². The van der Waals surface area contributed by atoms with Crippen molar-refractivity contribution in [3.8, 4) is 5.75 Å². The molecule has 2 rings (SSSR count). The van der Waals surface area contributed by atoms with Crippen LogP contribution in [0.4, 0.5) is 0 Å². The molecule has 1 saturated heterocycles. The molecule has 1 fully saturated rings. The highest BCUT2D eigenvalue weighted by Crippen LogP contribution is 2.27. The Morgan fingerprint density at radius 3 is 2.95 bits per heavy atom. The third-order valence-corrected chi connectivity index (χ3v) is 4.21. The van der Waals surface area contributed by atoms with Crippen LogP contribution in [-0.2, 0) is 9.53 Å². The van der Waals surface area contributed by atoms with Crippen molar-refractivity contribution in [2.75, 3.05) is 32.8 Å². The number of esters is 1. The van der Waals surface area contributed by atoms with Gasteiger partial charge < -0.3 is 9.47 Å². The minimum Gasteiger partial charge on any atom is -0.491 e. The van der Waals surface area contributed by atoms with Gasteiger partial charge >= 0.3 is 5.97 Å². The largest absolute Gasteiger partial charge is 0.491 e. The molecule has 1 atom stereocenters. The van der Waals surface area contributed by atoms with Gasteiger partial charge in [0, 0.05) is 18.1 Å². The smallest absolute Gasteiger partial charge is 0.310 e. The monoisotopic (exact) mass is 345 g/mol. The Bertz CT molecular complexity index is 510. The van der Waals surface area contributed by atoms with E-state index in [0.717, 1.165) is 32.5 Å². The molecule has 0 radical (unpaired) electrons. The van der Waals surface area contributed by atoms with Crippen molar-refractivity contribution in [1.82, 2.24) is 4.90 Å². The molecule has 22 heavy (non-hydrogen) atoms. The summed E-state index contributed by atoms with van der Waals surface area (Å²) < 4.78 is 10.8. The van der Waals surface area contributed by atoms with Gasteiger partial charge in [-0.2, -0.15) is 0 Å². The van der Waals surface area contributed by atoms with Crippen molar-refractivity contribution in [2.45, 2.75) is 19.8 Å². The number of hydrogen-bond donors (Lipinski definition) is 0. The summed E-state index contributed by atoms with van der Waals surface area (Å²) in [5.74, 6) is 0.520. The molecule has 0 amide bonds. The first-order valence-electron chi connectivity index (χ1n) is 7.57. The number of hydrogen-bond acceptors (Lipinski definition) is 4. The molecule has 0 bridgehead atoms. The number of halogens is 2. The number of likely N-dealkylation sites (tertiary alicyclic amines) is 1. The summed E-state index contributed by atoms with van der Waals surface area (Å²) in [6.45, 7) is 5.27. The van der Waals surface area contributed by atoms with Crippen LogP contribution in [-0.4, -0.2) is 43.7 Å². The van der Waals surface area contributed by atoms with Crippen LogP contribution in [0.5, 0.6) is 5.75 Å². The molecule has 1 aliphatic heterocycles. The Morgan fingerprint density at radius 2 is 2.23 bits per heavy atom. The molecule has 0 aromatic heterocycles. The first-order valence-corrected chi connectivity index (χ1v) is 8.32. The summed E-state index contributed by atoms with van der Waals surface area (Å²) in [6.07, 6.45) is 1.91. The maximum Gasteiger partial charge on any atom is 0.310 e. The van der Waals surface area contributed by atoms with Crippen LogP contribution < -0.4 is 4.74 Å². The van der Waals surface area contributed by atoms with Gasteiger partial charge in [0.15, 0.2) is 0 Å². The second-order valence-electron chi connectivity index (χ2n) is 5.32. The number of nitrogens with zero attached hydrogens (tertiary/aromatic N) is 1. The van der Waals surface area contributed by atoms with E-state index in [1.807, 2.05) is 6.92 Å². The average Bonchev–Trinajstić information content (AvgIpc) is 2.50. The fraction of sp³-hybridized carbons (Fsp3) is 0.562. The summed E-state index contributed by atoms with van der Waals surface area (Å²) in [5, 5.41) is 1.10. The molecule has 0 aliphatic carbocycles. The molecule has 0 saturated carbocycles. The van der Waals surface area contributed by atoms with Crippen LogP contribution in [0.2, 0.25) is 10.0 Å². The average molecular weight is 346 g/mol. The highest BCUT2D eigenvalue weighted by molar-refractivity contribution is 6.35. The lowest BCUT2D eigenvalue weighted by molar-refractivity contribution is -0.150. The number of carbonyl (C=O) groups excluding carboxylic acids is 1. The van der Waals surface area contributed by atoms with Gasteiger partial charge in [-0.15, -0.1) is 0 Å². The minimum atomic E-state index is -0.0890. The normalized spacial score (nSPS) is 19.0. The van der Waals surface area contributed by atoms with Crippen LogP contribution >= 0.6 is 23.2 Å². The SMILES string of the molecule is CCOC(=O)C1CCCN(CCOc2ccc(Cl)cc2Cl)C1. The van der Waals surface area contributed by atoms with Gasteiger partial charge in [0.05, 0.1) is 17.5 Å². The molecule has 4 nitrogen and oxygen atoms in total. The maximum atomic E-state index is 11.8. The Morgan fingerprint density at radius 1 is 1.41 bits per heavy atom. The topological polar surface area (TPSA) is 38.8 Å². The standard InChI is InChI=1S/C16H21Cl2NO3/c1-2-21-16(20)12-4-3-7-19(11-12)8-9-22-15-6-5-13(17)10-14(15)18/h5-6,10,12H,2-4,7-9,11H2,1H3. The quantitative estimate of drug-likeness (QED) is 0.737. The van der Waals surface area contributed by atoms with Gasteiger partial charge in [0.25, 0.3) is 0 Å². The fourth-order valence-corrected chi connectivity index (χ4v) is 3.05. The van der Waals surface area contributed by atoms with Crippen molar-refractivity contribution in [2.24, 2.45) is 5.92 Å². The molecular weight excluding hydrogens is 325 g/mol. The summed E-state index contributed by atoms with van der Waals surface area (Å²) in [5.41, 5.74) is 0. The molecule has 1 aromatic carbocycles. The minimum absolute atomic E-state index is 0.0205. The van der Waals surface area contributed by atoms with Crippen molar-refractivity contribution in [1.29, 1.82) is 0 Å². The number of carbonyl (C=O) groups is 1. The molecule has 1 unspecified atom stereocenters. The molecular formula is C16H21Cl2NO3. The van der Waals surface area contributed by atoms with E-state index in [1.165, 1.54) is 0 Å². The zero-order valence-corrected chi connectivity index (χ0v) is 14.2. The number of piperidine rings is 1. The second kappa shape index (κ2) is 8.61. The van der Waals surface area contributed by atoms with Crippen LogP contribution in [0.1, 0.15) is 19.8 Å². The van der Waals surface area contributed by atoms with Gasteiger partial charge in [-0.25, -0.2) is 0 Å². The summed E-state index contributed by atoms with van der Waals surface area (Å²) in [4.78, 5) is 14.0. The van der Waals surface area contributed by atoms with E-state index in [9.17, 15) is 4.79 Å². The van der Waals surface area contributed by atoms with Crippen LogP contribution in [0.3, 0.4) is 0 Å². The van der Waals surface area contributed by atoms with Crippen molar-refractivity contribution in [3.63, 3.8) is 0 Å². The van der Waals surface area contributed by atoms with E-state index in [4.69, 9.17) is 32.7 Å². The molecule has 0 spiro atoms. The summed E-state index contributed by atoms with van der Waals surface area (Å²) >= 11 is 11.9. The Hall–Kier alpha value is -0.970. The molecule has 0 N–H and O–H groups in total. The third kappa shape index (κ3) is 5.04. The number of ether oxygens (including phenoxy) is 2. The summed E-state index contributed by atoms with van der Waals surface area (Å²) in [6, 6.07) is 5.18. The lowest BCUT2D eigenvalue weighted by Crippen LogP contribution is -2.41. The molecule has 122 valence electrons. The highest BCUT2D eigenvalue weighted by Gasteiger charge is 2.26. The maximum absolute atomic E-state index is 11.8. The molecule has 1 aromatic rings. The fourth-order valence-electron chi connectivity index (χ4n) is 2.59. The van der Waals surface area contributed by atoms with Gasteiger partial charge in [0.1, 0.15) is 12.4 Å². The predicted molar refractivity (Wildman–Crippen MR) is 87.8 cm³/mol. The molecule has 6 heteroatoms. The zero-order valence-electron chi connectivity index (χ0n) is 12.7.